The molecular formula is C22H20O4. The zero-order valence-electron chi connectivity index (χ0n) is 14.8. The number of rotatable bonds is 7. The Bertz CT molecular complexity index is 907. The minimum absolute atomic E-state index is 0.179. The van der Waals surface area contributed by atoms with Gasteiger partial charge in [-0.05, 0) is 48.4 Å². The lowest BCUT2D eigenvalue weighted by Gasteiger charge is -2.11. The molecule has 0 atom stereocenters. The Kier molecular flexibility index (Phi) is 5.54. The molecule has 0 amide bonds. The van der Waals surface area contributed by atoms with Crippen LogP contribution in [0.2, 0.25) is 0 Å². The topological polar surface area (TPSA) is 48.7 Å². The number of methoxy groups -OCH3 is 1. The first-order valence-corrected chi connectivity index (χ1v) is 8.29. The van der Waals surface area contributed by atoms with E-state index in [0.29, 0.717) is 29.6 Å². The first-order valence-electron chi connectivity index (χ1n) is 8.29. The SMILES string of the molecule is COc1cc(/C=C/C(=O)c2ccc(C)o2)ccc1OCc1ccccc1. The van der Waals surface area contributed by atoms with Gasteiger partial charge in [0.1, 0.15) is 12.4 Å². The quantitative estimate of drug-likeness (QED) is 0.442. The number of furan rings is 1. The van der Waals surface area contributed by atoms with Gasteiger partial charge in [-0.2, -0.15) is 0 Å². The molecule has 0 spiro atoms. The molecule has 4 heteroatoms. The molecule has 0 bridgehead atoms. The maximum Gasteiger partial charge on any atom is 0.221 e. The number of benzene rings is 2. The van der Waals surface area contributed by atoms with Gasteiger partial charge in [0, 0.05) is 0 Å². The predicted octanol–water partition coefficient (Wildman–Crippen LogP) is 5.07. The highest BCUT2D eigenvalue weighted by Crippen LogP contribution is 2.29. The zero-order chi connectivity index (χ0) is 18.4. The van der Waals surface area contributed by atoms with Crippen molar-refractivity contribution in [2.75, 3.05) is 7.11 Å². The van der Waals surface area contributed by atoms with E-state index in [2.05, 4.69) is 0 Å². The molecule has 0 fully saturated rings. The van der Waals surface area contributed by atoms with Gasteiger partial charge in [0.2, 0.25) is 5.78 Å². The second-order valence-electron chi connectivity index (χ2n) is 5.79. The molecule has 0 aliphatic rings. The third-order valence-electron chi connectivity index (χ3n) is 3.84. The zero-order valence-corrected chi connectivity index (χ0v) is 14.8. The normalized spacial score (nSPS) is 10.8. The number of hydrogen-bond donors (Lipinski definition) is 0. The monoisotopic (exact) mass is 348 g/mol. The fourth-order valence-corrected chi connectivity index (χ4v) is 2.46. The molecule has 0 unspecified atom stereocenters. The maximum atomic E-state index is 12.1. The standard InChI is InChI=1S/C22H20O4/c1-16-8-12-20(26-16)19(23)11-9-17-10-13-21(22(14-17)24-2)25-15-18-6-4-3-5-7-18/h3-14H,15H2,1-2H3/b11-9+. The van der Waals surface area contributed by atoms with Crippen molar-refractivity contribution < 1.29 is 18.7 Å². The summed E-state index contributed by atoms with van der Waals surface area (Å²) in [4.78, 5) is 12.1. The molecule has 132 valence electrons. The highest BCUT2D eigenvalue weighted by atomic mass is 16.5. The summed E-state index contributed by atoms with van der Waals surface area (Å²) in [6, 6.07) is 18.9. The summed E-state index contributed by atoms with van der Waals surface area (Å²) in [6.07, 6.45) is 3.21. The number of ketones is 1. The third kappa shape index (κ3) is 4.42. The maximum absolute atomic E-state index is 12.1. The van der Waals surface area contributed by atoms with Gasteiger partial charge in [-0.3, -0.25) is 4.79 Å². The lowest BCUT2D eigenvalue weighted by atomic mass is 10.1. The molecule has 0 saturated heterocycles. The molecule has 0 saturated carbocycles. The van der Waals surface area contributed by atoms with Crippen molar-refractivity contribution in [3.63, 3.8) is 0 Å². The summed E-state index contributed by atoms with van der Waals surface area (Å²) in [6.45, 7) is 2.27. The predicted molar refractivity (Wildman–Crippen MR) is 101 cm³/mol. The molecule has 0 N–H and O–H groups in total. The summed E-state index contributed by atoms with van der Waals surface area (Å²) in [7, 11) is 1.59. The molecule has 3 aromatic rings. The minimum atomic E-state index is -0.179. The van der Waals surface area contributed by atoms with Crippen molar-refractivity contribution in [3.05, 3.63) is 89.4 Å². The minimum Gasteiger partial charge on any atom is -0.493 e. The third-order valence-corrected chi connectivity index (χ3v) is 3.84. The molecule has 26 heavy (non-hydrogen) atoms. The Morgan fingerprint density at radius 3 is 2.54 bits per heavy atom. The van der Waals surface area contributed by atoms with E-state index in [0.717, 1.165) is 11.1 Å². The Balaban J connectivity index is 1.69. The summed E-state index contributed by atoms with van der Waals surface area (Å²) < 4.78 is 16.6. The molecular weight excluding hydrogens is 328 g/mol. The van der Waals surface area contributed by atoms with Crippen LogP contribution in [0.25, 0.3) is 6.08 Å². The van der Waals surface area contributed by atoms with Gasteiger partial charge in [0.25, 0.3) is 0 Å². The molecule has 0 radical (unpaired) electrons. The van der Waals surface area contributed by atoms with Crippen molar-refractivity contribution >= 4 is 11.9 Å². The number of allylic oxidation sites excluding steroid dienone is 1. The van der Waals surface area contributed by atoms with Crippen LogP contribution in [0.15, 0.2) is 71.2 Å². The summed E-state index contributed by atoms with van der Waals surface area (Å²) in [5.41, 5.74) is 1.92. The number of carbonyl (C=O) groups is 1. The van der Waals surface area contributed by atoms with E-state index in [1.54, 1.807) is 32.2 Å². The van der Waals surface area contributed by atoms with Gasteiger partial charge < -0.3 is 13.9 Å². The van der Waals surface area contributed by atoms with Gasteiger partial charge in [0.15, 0.2) is 17.3 Å². The molecule has 3 rings (SSSR count). The summed E-state index contributed by atoms with van der Waals surface area (Å²) >= 11 is 0. The van der Waals surface area contributed by atoms with E-state index in [-0.39, 0.29) is 5.78 Å². The lowest BCUT2D eigenvalue weighted by Crippen LogP contribution is -1.97. The van der Waals surface area contributed by atoms with Crippen molar-refractivity contribution in [2.24, 2.45) is 0 Å². The van der Waals surface area contributed by atoms with Gasteiger partial charge in [0.05, 0.1) is 7.11 Å². The highest BCUT2D eigenvalue weighted by molar-refractivity contribution is 6.04. The summed E-state index contributed by atoms with van der Waals surface area (Å²) in [5.74, 6) is 2.13. The molecule has 0 aliphatic carbocycles. The molecule has 1 aromatic heterocycles. The smallest absolute Gasteiger partial charge is 0.221 e. The van der Waals surface area contributed by atoms with Crippen LogP contribution in [0.4, 0.5) is 0 Å². The van der Waals surface area contributed by atoms with Crippen LogP contribution in [0.5, 0.6) is 11.5 Å². The average Bonchev–Trinajstić information content (AvgIpc) is 3.12. The van der Waals surface area contributed by atoms with Crippen molar-refractivity contribution in [3.8, 4) is 11.5 Å². The first-order chi connectivity index (χ1) is 12.7. The first kappa shape index (κ1) is 17.5. The van der Waals surface area contributed by atoms with E-state index in [9.17, 15) is 4.79 Å². The number of aryl methyl sites for hydroxylation is 1. The molecule has 2 aromatic carbocycles. The van der Waals surface area contributed by atoms with Crippen LogP contribution in [-0.2, 0) is 6.61 Å². The van der Waals surface area contributed by atoms with Crippen LogP contribution < -0.4 is 9.47 Å². The van der Waals surface area contributed by atoms with Crippen molar-refractivity contribution in [1.29, 1.82) is 0 Å². The van der Waals surface area contributed by atoms with E-state index in [1.165, 1.54) is 6.08 Å². The van der Waals surface area contributed by atoms with Gasteiger partial charge in [-0.15, -0.1) is 0 Å². The Hall–Kier alpha value is -3.27. The largest absolute Gasteiger partial charge is 0.493 e. The number of ether oxygens (including phenoxy) is 2. The number of carbonyl (C=O) groups excluding carboxylic acids is 1. The molecule has 4 nitrogen and oxygen atoms in total. The fourth-order valence-electron chi connectivity index (χ4n) is 2.46. The average molecular weight is 348 g/mol. The van der Waals surface area contributed by atoms with Gasteiger partial charge >= 0.3 is 0 Å². The van der Waals surface area contributed by atoms with E-state index in [1.807, 2.05) is 48.5 Å². The lowest BCUT2D eigenvalue weighted by molar-refractivity contribution is 0.102. The number of hydrogen-bond acceptors (Lipinski definition) is 4. The fraction of sp³-hybridized carbons (Fsp3) is 0.136. The Morgan fingerprint density at radius 2 is 1.85 bits per heavy atom. The molecule has 1 heterocycles. The van der Waals surface area contributed by atoms with Gasteiger partial charge in [-0.1, -0.05) is 42.5 Å². The van der Waals surface area contributed by atoms with E-state index >= 15 is 0 Å². The van der Waals surface area contributed by atoms with E-state index in [4.69, 9.17) is 13.9 Å². The Morgan fingerprint density at radius 1 is 1.04 bits per heavy atom. The highest BCUT2D eigenvalue weighted by Gasteiger charge is 2.08. The van der Waals surface area contributed by atoms with E-state index < -0.39 is 0 Å². The van der Waals surface area contributed by atoms with Crippen LogP contribution in [0.3, 0.4) is 0 Å². The van der Waals surface area contributed by atoms with Crippen LogP contribution in [0.1, 0.15) is 27.4 Å². The van der Waals surface area contributed by atoms with Crippen LogP contribution >= 0.6 is 0 Å². The van der Waals surface area contributed by atoms with Crippen molar-refractivity contribution in [2.45, 2.75) is 13.5 Å². The second kappa shape index (κ2) is 8.21. The molecule has 0 aliphatic heterocycles. The van der Waals surface area contributed by atoms with Crippen LogP contribution in [-0.4, -0.2) is 12.9 Å². The van der Waals surface area contributed by atoms with Crippen molar-refractivity contribution in [1.82, 2.24) is 0 Å². The summed E-state index contributed by atoms with van der Waals surface area (Å²) in [5, 5.41) is 0. The Labute approximate surface area is 152 Å². The van der Waals surface area contributed by atoms with Gasteiger partial charge in [-0.25, -0.2) is 0 Å². The second-order valence-corrected chi connectivity index (χ2v) is 5.79. The van der Waals surface area contributed by atoms with Crippen LogP contribution in [0, 0.1) is 6.92 Å².